The van der Waals surface area contributed by atoms with E-state index in [1.165, 1.54) is 20.4 Å². The average molecular weight is 570 g/mol. The van der Waals surface area contributed by atoms with Gasteiger partial charge in [0.25, 0.3) is 0 Å². The molecule has 0 radical (unpaired) electrons. The molecule has 0 aliphatic carbocycles. The van der Waals surface area contributed by atoms with E-state index in [9.17, 15) is 9.36 Å². The molecule has 4 aromatic rings. The molecule has 0 saturated carbocycles. The number of hydrogen-bond donors (Lipinski definition) is 3. The van der Waals surface area contributed by atoms with Gasteiger partial charge in [-0.05, 0) is 37.6 Å². The molecular weight excluding hydrogens is 537 g/mol. The van der Waals surface area contributed by atoms with Crippen molar-refractivity contribution in [2.75, 3.05) is 20.3 Å². The predicted molar refractivity (Wildman–Crippen MR) is 147 cm³/mol. The van der Waals surface area contributed by atoms with Crippen LogP contribution in [0, 0.1) is 0 Å². The minimum atomic E-state index is -4.01. The highest BCUT2D eigenvalue weighted by atomic mass is 31.2. The van der Waals surface area contributed by atoms with E-state index in [4.69, 9.17) is 18.8 Å². The lowest BCUT2D eigenvalue weighted by molar-refractivity contribution is -0.143. The number of nitrogens with zero attached hydrogens (tertiary/aromatic N) is 2. The fraction of sp³-hybridized carbons (Fsp3) is 0.296. The van der Waals surface area contributed by atoms with E-state index in [1.807, 2.05) is 36.5 Å². The number of fused-ring (bicyclic) bond motifs is 1. The van der Waals surface area contributed by atoms with Crippen molar-refractivity contribution in [3.8, 4) is 11.6 Å². The second-order valence-corrected chi connectivity index (χ2v) is 10.4. The number of aromatic amines is 1. The van der Waals surface area contributed by atoms with Crippen LogP contribution in [0.1, 0.15) is 24.5 Å². The van der Waals surface area contributed by atoms with Gasteiger partial charge in [0, 0.05) is 18.3 Å². The Hall–Kier alpha value is -3.80. The van der Waals surface area contributed by atoms with Crippen LogP contribution in [-0.4, -0.2) is 47.2 Å². The molecule has 4 rings (SSSR count). The highest BCUT2D eigenvalue weighted by molar-refractivity contribution is 7.51. The molecule has 2 heterocycles. The molecule has 13 heteroatoms. The van der Waals surface area contributed by atoms with Crippen LogP contribution >= 0.6 is 7.75 Å². The summed E-state index contributed by atoms with van der Waals surface area (Å²) in [5.74, 6) is 0.192. The van der Waals surface area contributed by atoms with Crippen molar-refractivity contribution >= 4 is 24.7 Å². The zero-order chi connectivity index (χ0) is 28.2. The smallest absolute Gasteiger partial charge is 0.442 e. The van der Waals surface area contributed by atoms with Gasteiger partial charge in [-0.15, -0.1) is 0 Å². The van der Waals surface area contributed by atoms with Crippen LogP contribution in [0.5, 0.6) is 11.6 Å². The number of esters is 1. The van der Waals surface area contributed by atoms with Crippen LogP contribution in [-0.2, 0) is 36.4 Å². The zero-order valence-corrected chi connectivity index (χ0v) is 23.1. The van der Waals surface area contributed by atoms with Gasteiger partial charge in [-0.1, -0.05) is 53.2 Å². The van der Waals surface area contributed by atoms with E-state index in [2.05, 4.69) is 30.1 Å². The lowest BCUT2D eigenvalue weighted by Gasteiger charge is -2.20. The van der Waals surface area contributed by atoms with Gasteiger partial charge in [-0.3, -0.25) is 9.32 Å². The van der Waals surface area contributed by atoms with Gasteiger partial charge in [0.1, 0.15) is 24.5 Å². The lowest BCUT2D eigenvalue weighted by atomic mass is 10.2. The first-order chi connectivity index (χ1) is 19.5. The molecule has 0 aliphatic rings. The van der Waals surface area contributed by atoms with Crippen molar-refractivity contribution in [1.29, 1.82) is 0 Å². The zero-order valence-electron chi connectivity index (χ0n) is 22.2. The third-order valence-corrected chi connectivity index (χ3v) is 7.18. The fourth-order valence-corrected chi connectivity index (χ4v) is 4.95. The Morgan fingerprint density at radius 3 is 2.58 bits per heavy atom. The number of methoxy groups -OCH3 is 1. The summed E-state index contributed by atoms with van der Waals surface area (Å²) >= 11 is 0. The SMILES string of the molecule is COC(=O)C(C)NP(=O)(OCCCNCc1c[nH]c2c(OCc3ccccc3)ncnc12)OOc1ccccc1. The quantitative estimate of drug-likeness (QED) is 0.0583. The second-order valence-electron chi connectivity index (χ2n) is 8.70. The fourth-order valence-electron chi connectivity index (χ4n) is 3.66. The van der Waals surface area contributed by atoms with Gasteiger partial charge >= 0.3 is 13.7 Å². The van der Waals surface area contributed by atoms with Gasteiger partial charge in [0.2, 0.25) is 5.88 Å². The number of hydrogen-bond acceptors (Lipinski definition) is 10. The van der Waals surface area contributed by atoms with Gasteiger partial charge < -0.3 is 24.7 Å². The molecule has 0 aliphatic heterocycles. The number of benzene rings is 2. The number of ether oxygens (including phenoxy) is 2. The average Bonchev–Trinajstić information content (AvgIpc) is 3.41. The number of aromatic nitrogens is 3. The van der Waals surface area contributed by atoms with E-state index < -0.39 is 19.8 Å². The number of para-hydroxylation sites is 1. The summed E-state index contributed by atoms with van der Waals surface area (Å²) < 4.78 is 34.4. The predicted octanol–water partition coefficient (Wildman–Crippen LogP) is 4.30. The first kappa shape index (κ1) is 29.2. The second kappa shape index (κ2) is 14.5. The third-order valence-electron chi connectivity index (χ3n) is 5.68. The maximum Gasteiger partial charge on any atom is 0.442 e. The Morgan fingerprint density at radius 1 is 1.07 bits per heavy atom. The molecule has 0 spiro atoms. The highest BCUT2D eigenvalue weighted by Crippen LogP contribution is 2.44. The number of nitrogens with one attached hydrogen (secondary N) is 3. The topological polar surface area (TPSA) is 146 Å². The van der Waals surface area contributed by atoms with Crippen molar-refractivity contribution in [2.45, 2.75) is 32.5 Å². The molecule has 2 atom stereocenters. The number of rotatable bonds is 16. The Balaban J connectivity index is 1.26. The van der Waals surface area contributed by atoms with Crippen LogP contribution in [0.15, 0.2) is 73.2 Å². The summed E-state index contributed by atoms with van der Waals surface area (Å²) in [4.78, 5) is 28.8. The molecule has 2 aromatic carbocycles. The summed E-state index contributed by atoms with van der Waals surface area (Å²) in [6, 6.07) is 17.4. The van der Waals surface area contributed by atoms with Crippen molar-refractivity contribution in [2.24, 2.45) is 0 Å². The Kier molecular flexibility index (Phi) is 10.6. The summed E-state index contributed by atoms with van der Waals surface area (Å²) in [6.45, 7) is 3.02. The monoisotopic (exact) mass is 569 g/mol. The Labute approximate surface area is 231 Å². The first-order valence-electron chi connectivity index (χ1n) is 12.7. The van der Waals surface area contributed by atoms with E-state index >= 15 is 0 Å². The van der Waals surface area contributed by atoms with E-state index in [0.717, 1.165) is 22.2 Å². The van der Waals surface area contributed by atoms with Crippen LogP contribution in [0.25, 0.3) is 11.0 Å². The molecule has 3 N–H and O–H groups in total. The molecule has 212 valence electrons. The molecule has 2 aromatic heterocycles. The van der Waals surface area contributed by atoms with Crippen LogP contribution in [0.4, 0.5) is 0 Å². The Bertz CT molecular complexity index is 1400. The third kappa shape index (κ3) is 8.35. The van der Waals surface area contributed by atoms with Crippen molar-refractivity contribution in [1.82, 2.24) is 25.4 Å². The van der Waals surface area contributed by atoms with Gasteiger partial charge in [-0.25, -0.2) is 14.6 Å². The molecule has 40 heavy (non-hydrogen) atoms. The number of carbonyl (C=O) groups is 1. The molecule has 0 amide bonds. The maximum absolute atomic E-state index is 13.2. The van der Waals surface area contributed by atoms with Crippen molar-refractivity contribution < 1.29 is 32.9 Å². The molecule has 2 unspecified atom stereocenters. The molecule has 0 bridgehead atoms. The van der Waals surface area contributed by atoms with Crippen molar-refractivity contribution in [3.63, 3.8) is 0 Å². The summed E-state index contributed by atoms with van der Waals surface area (Å²) in [5.41, 5.74) is 3.47. The van der Waals surface area contributed by atoms with E-state index in [1.54, 1.807) is 30.3 Å². The normalized spacial score (nSPS) is 13.4. The van der Waals surface area contributed by atoms with Gasteiger partial charge in [-0.2, -0.15) is 4.98 Å². The summed E-state index contributed by atoms with van der Waals surface area (Å²) in [5, 5.41) is 5.85. The summed E-state index contributed by atoms with van der Waals surface area (Å²) in [7, 11) is -2.77. The molecular formula is C27H32N5O7P. The molecule has 0 saturated heterocycles. The number of carbonyl (C=O) groups excluding carboxylic acids is 1. The lowest BCUT2D eigenvalue weighted by Crippen LogP contribution is -2.34. The van der Waals surface area contributed by atoms with Crippen LogP contribution < -0.4 is 20.0 Å². The largest absolute Gasteiger partial charge is 0.471 e. The van der Waals surface area contributed by atoms with E-state index in [0.29, 0.717) is 37.7 Å². The Morgan fingerprint density at radius 2 is 1.82 bits per heavy atom. The van der Waals surface area contributed by atoms with Gasteiger partial charge in [0.05, 0.1) is 19.2 Å². The summed E-state index contributed by atoms with van der Waals surface area (Å²) in [6.07, 6.45) is 3.83. The number of H-pyrrole nitrogens is 1. The van der Waals surface area contributed by atoms with Crippen LogP contribution in [0.3, 0.4) is 0 Å². The van der Waals surface area contributed by atoms with Crippen molar-refractivity contribution in [3.05, 3.63) is 84.3 Å². The minimum Gasteiger partial charge on any atom is -0.471 e. The minimum absolute atomic E-state index is 0.0663. The van der Waals surface area contributed by atoms with Crippen LogP contribution in [0.2, 0.25) is 0 Å². The van der Waals surface area contributed by atoms with Gasteiger partial charge in [0.15, 0.2) is 5.75 Å². The standard InChI is InChI=1S/C27H32N5O7P/c1-20(27(33)35-2)32-40(34,39-38-23-12-7-4-8-13-23)37-15-9-14-28-16-22-17-29-25-24(22)30-19-31-26(25)36-18-21-10-5-3-6-11-21/h3-8,10-13,17,19-20,28-29H,9,14-16,18H2,1-2H3,(H,32,34). The molecule has 12 nitrogen and oxygen atoms in total. The maximum atomic E-state index is 13.2. The molecule has 0 fully saturated rings. The first-order valence-corrected chi connectivity index (χ1v) is 14.2. The van der Waals surface area contributed by atoms with E-state index in [-0.39, 0.29) is 6.61 Å². The highest BCUT2D eigenvalue weighted by Gasteiger charge is 2.32.